The third kappa shape index (κ3) is 2.97. The number of hydrogen-bond acceptors (Lipinski definition) is 5. The Morgan fingerprint density at radius 2 is 1.65 bits per heavy atom. The summed E-state index contributed by atoms with van der Waals surface area (Å²) in [7, 11) is -4.13. The molecule has 0 bridgehead atoms. The van der Waals surface area contributed by atoms with Gasteiger partial charge in [0.25, 0.3) is 10.1 Å². The van der Waals surface area contributed by atoms with Crippen LogP contribution in [0.4, 0.5) is 0 Å². The zero-order valence-electron chi connectivity index (χ0n) is 10.1. The van der Waals surface area contributed by atoms with E-state index in [2.05, 4.69) is 21.2 Å². The molecule has 1 aliphatic rings. The molecule has 106 valence electrons. The Morgan fingerprint density at radius 3 is 2.20 bits per heavy atom. The summed E-state index contributed by atoms with van der Waals surface area (Å²) >= 11 is 3.05. The predicted octanol–water partition coefficient (Wildman–Crippen LogP) is 1.15. The van der Waals surface area contributed by atoms with Crippen molar-refractivity contribution in [3.63, 3.8) is 0 Å². The second-order valence-corrected chi connectivity index (χ2v) is 6.47. The van der Waals surface area contributed by atoms with Crippen molar-refractivity contribution in [2.75, 3.05) is 12.3 Å². The molecular weight excluding hydrogens is 350 g/mol. The summed E-state index contributed by atoms with van der Waals surface area (Å²) in [6.45, 7) is -0.176. The summed E-state index contributed by atoms with van der Waals surface area (Å²) in [4.78, 5) is 24.3. The monoisotopic (exact) mass is 359 g/mol. The Morgan fingerprint density at radius 1 is 1.10 bits per heavy atom. The number of fused-ring (bicyclic) bond motifs is 1. The second-order valence-electron chi connectivity index (χ2n) is 4.11. The van der Waals surface area contributed by atoms with E-state index in [0.29, 0.717) is 5.56 Å². The Hall–Kier alpha value is -1.51. The van der Waals surface area contributed by atoms with Crippen LogP contribution in [0.1, 0.15) is 20.7 Å². The fourth-order valence-corrected chi connectivity index (χ4v) is 2.70. The van der Waals surface area contributed by atoms with Crippen molar-refractivity contribution in [2.45, 2.75) is 0 Å². The average molecular weight is 360 g/mol. The molecule has 0 aliphatic heterocycles. The molecular formula is C12H10BrNO5S. The van der Waals surface area contributed by atoms with Gasteiger partial charge in [0.2, 0.25) is 11.6 Å². The van der Waals surface area contributed by atoms with Crippen LogP contribution in [0.15, 0.2) is 34.4 Å². The number of Topliss-reactive ketones (excluding diaryl/α,β-unsaturated/α-hetero) is 2. The van der Waals surface area contributed by atoms with Crippen molar-refractivity contribution in [3.8, 4) is 0 Å². The number of rotatable bonds is 4. The van der Waals surface area contributed by atoms with Gasteiger partial charge in [-0.25, -0.2) is 0 Å². The van der Waals surface area contributed by atoms with Gasteiger partial charge in [0, 0.05) is 17.7 Å². The van der Waals surface area contributed by atoms with Crippen LogP contribution in [0.25, 0.3) is 0 Å². The van der Waals surface area contributed by atoms with Gasteiger partial charge in [-0.2, -0.15) is 8.42 Å². The first-order chi connectivity index (χ1) is 9.31. The highest BCUT2D eigenvalue weighted by molar-refractivity contribution is 9.12. The minimum atomic E-state index is -4.13. The molecule has 1 aliphatic carbocycles. The molecule has 0 amide bonds. The zero-order valence-corrected chi connectivity index (χ0v) is 12.5. The lowest BCUT2D eigenvalue weighted by Crippen LogP contribution is -2.31. The van der Waals surface area contributed by atoms with Crippen molar-refractivity contribution < 1.29 is 22.6 Å². The topological polar surface area (TPSA) is 101 Å². The van der Waals surface area contributed by atoms with Gasteiger partial charge in [0.15, 0.2) is 0 Å². The van der Waals surface area contributed by atoms with Gasteiger partial charge >= 0.3 is 0 Å². The van der Waals surface area contributed by atoms with Gasteiger partial charge < -0.3 is 5.32 Å². The maximum Gasteiger partial charge on any atom is 0.266 e. The minimum absolute atomic E-state index is 0.00245. The van der Waals surface area contributed by atoms with E-state index in [4.69, 9.17) is 4.55 Å². The Bertz CT molecular complexity index is 723. The molecule has 0 heterocycles. The lowest BCUT2D eigenvalue weighted by molar-refractivity contribution is 0.0976. The molecule has 2 rings (SSSR count). The third-order valence-corrected chi connectivity index (χ3v) is 4.20. The van der Waals surface area contributed by atoms with Crippen molar-refractivity contribution in [3.05, 3.63) is 45.6 Å². The first-order valence-electron chi connectivity index (χ1n) is 5.58. The summed E-state index contributed by atoms with van der Waals surface area (Å²) in [6.07, 6.45) is 0. The number of halogens is 1. The van der Waals surface area contributed by atoms with E-state index < -0.39 is 21.7 Å². The van der Waals surface area contributed by atoms with Gasteiger partial charge in [0.05, 0.1) is 10.2 Å². The van der Waals surface area contributed by atoms with Gasteiger partial charge in [-0.3, -0.25) is 14.1 Å². The van der Waals surface area contributed by atoms with E-state index in [1.54, 1.807) is 18.2 Å². The predicted molar refractivity (Wildman–Crippen MR) is 75.5 cm³/mol. The smallest absolute Gasteiger partial charge is 0.266 e. The fraction of sp³-hybridized carbons (Fsp3) is 0.167. The molecule has 1 aromatic carbocycles. The maximum absolute atomic E-state index is 12.2. The van der Waals surface area contributed by atoms with E-state index in [-0.39, 0.29) is 28.1 Å². The molecule has 0 radical (unpaired) electrons. The summed E-state index contributed by atoms with van der Waals surface area (Å²) in [5.74, 6) is -1.31. The Balaban J connectivity index is 2.28. The van der Waals surface area contributed by atoms with Crippen LogP contribution in [-0.2, 0) is 10.1 Å². The first kappa shape index (κ1) is 14.9. The van der Waals surface area contributed by atoms with E-state index in [1.807, 2.05) is 0 Å². The summed E-state index contributed by atoms with van der Waals surface area (Å²) < 4.78 is 30.0. The van der Waals surface area contributed by atoms with Crippen LogP contribution in [0.3, 0.4) is 0 Å². The number of nitrogens with one attached hydrogen (secondary N) is 1. The highest BCUT2D eigenvalue weighted by Gasteiger charge is 2.30. The molecule has 2 N–H and O–H groups in total. The quantitative estimate of drug-likeness (QED) is 0.782. The van der Waals surface area contributed by atoms with Crippen LogP contribution in [0, 0.1) is 0 Å². The van der Waals surface area contributed by atoms with E-state index >= 15 is 0 Å². The first-order valence-corrected chi connectivity index (χ1v) is 7.98. The largest absolute Gasteiger partial charge is 0.380 e. The van der Waals surface area contributed by atoms with E-state index in [9.17, 15) is 18.0 Å². The van der Waals surface area contributed by atoms with Gasteiger partial charge in [-0.1, -0.05) is 24.3 Å². The third-order valence-electron chi connectivity index (χ3n) is 2.72. The van der Waals surface area contributed by atoms with Crippen molar-refractivity contribution in [2.24, 2.45) is 0 Å². The molecule has 20 heavy (non-hydrogen) atoms. The van der Waals surface area contributed by atoms with Crippen LogP contribution >= 0.6 is 15.9 Å². The Labute approximate surface area is 123 Å². The standard InChI is InChI=1S/C12H10BrNO5S/c13-9-10(14-5-6-20(17,18)19)12(16)8-4-2-1-3-7(8)11(9)15/h1-4,14H,5-6H2,(H,17,18,19). The molecule has 6 nitrogen and oxygen atoms in total. The molecule has 0 spiro atoms. The van der Waals surface area contributed by atoms with Crippen LogP contribution < -0.4 is 5.32 Å². The number of benzene rings is 1. The van der Waals surface area contributed by atoms with Gasteiger partial charge in [-0.05, 0) is 15.9 Å². The van der Waals surface area contributed by atoms with Crippen LogP contribution in [0.2, 0.25) is 0 Å². The van der Waals surface area contributed by atoms with Crippen LogP contribution in [-0.4, -0.2) is 36.8 Å². The number of carbonyl (C=O) groups is 2. The SMILES string of the molecule is O=C1C(Br)=C(NCCS(=O)(=O)O)C(=O)c2ccccc21. The number of carbonyl (C=O) groups excluding carboxylic acids is 2. The molecule has 0 saturated heterocycles. The van der Waals surface area contributed by atoms with E-state index in [1.165, 1.54) is 6.07 Å². The van der Waals surface area contributed by atoms with Gasteiger partial charge in [0.1, 0.15) is 5.70 Å². The Kier molecular flexibility index (Phi) is 4.07. The molecule has 8 heteroatoms. The second kappa shape index (κ2) is 5.47. The van der Waals surface area contributed by atoms with Gasteiger partial charge in [-0.15, -0.1) is 0 Å². The van der Waals surface area contributed by atoms with Crippen LogP contribution in [0.5, 0.6) is 0 Å². The fourth-order valence-electron chi connectivity index (χ4n) is 1.81. The molecule has 0 saturated carbocycles. The molecule has 0 fully saturated rings. The number of hydrogen-bond donors (Lipinski definition) is 2. The molecule has 1 aromatic rings. The maximum atomic E-state index is 12.2. The average Bonchev–Trinajstić information content (AvgIpc) is 2.39. The summed E-state index contributed by atoms with van der Waals surface area (Å²) in [5, 5.41) is 2.57. The number of ketones is 2. The lowest BCUT2D eigenvalue weighted by atomic mass is 9.93. The number of allylic oxidation sites excluding steroid dienone is 2. The molecule has 0 aromatic heterocycles. The molecule has 0 atom stereocenters. The highest BCUT2D eigenvalue weighted by Crippen LogP contribution is 2.28. The highest BCUT2D eigenvalue weighted by atomic mass is 79.9. The summed E-state index contributed by atoms with van der Waals surface area (Å²) in [5.41, 5.74) is 0.553. The zero-order chi connectivity index (χ0) is 14.9. The minimum Gasteiger partial charge on any atom is -0.380 e. The van der Waals surface area contributed by atoms with E-state index in [0.717, 1.165) is 0 Å². The van der Waals surface area contributed by atoms with Crippen molar-refractivity contribution >= 4 is 37.6 Å². The molecule has 0 unspecified atom stereocenters. The lowest BCUT2D eigenvalue weighted by Gasteiger charge is -2.18. The van der Waals surface area contributed by atoms with Crippen molar-refractivity contribution in [1.29, 1.82) is 0 Å². The van der Waals surface area contributed by atoms with Crippen molar-refractivity contribution in [1.82, 2.24) is 5.32 Å². The normalized spacial score (nSPS) is 15.3. The summed E-state index contributed by atoms with van der Waals surface area (Å²) in [6, 6.07) is 6.37.